The average Bonchev–Trinajstić information content (AvgIpc) is 3.34. The Morgan fingerprint density at radius 2 is 0.631 bits per heavy atom. The lowest BCUT2D eigenvalue weighted by Gasteiger charge is -2.32. The van der Waals surface area contributed by atoms with Crippen LogP contribution in [0.2, 0.25) is 0 Å². The summed E-state index contributed by atoms with van der Waals surface area (Å²) in [5.74, 6) is -0.498. The number of aryl methyl sites for hydroxylation is 1. The first-order chi connectivity index (χ1) is 31.5. The van der Waals surface area contributed by atoms with Crippen LogP contribution in [0.1, 0.15) is 5.56 Å². The molecule has 0 aliphatic carbocycles. The number of hydrogen-bond acceptors (Lipinski definition) is 5. The SMILES string of the molecule is Cc1cc(OS(=O)(=O)C(F)(F)F)c(N(c2ccc(-c3ccccc3)cc2)c2ccc(-c3ccccc3)cc2)cc1N(c1ccc(-c2ccccc2)cc1)c1ccc(-c2ccccc2)cc1. The zero-order valence-electron chi connectivity index (χ0n) is 35.1. The summed E-state index contributed by atoms with van der Waals surface area (Å²) in [5, 5.41) is 0. The summed E-state index contributed by atoms with van der Waals surface area (Å²) in [6.45, 7) is 1.73. The Balaban J connectivity index is 1.26. The third-order valence-corrected chi connectivity index (χ3v) is 12.1. The average molecular weight is 879 g/mol. The minimum absolute atomic E-state index is 0.0603. The minimum atomic E-state index is -6.11. The standard InChI is InChI=1S/C56H41F3N2O3S/c1-40-38-55(64-65(62,63)56(57,58)59)54(61(51-34-26-47(27-35-51)43-18-10-4-11-19-43)52-36-28-48(29-37-52)44-20-12-5-13-21-44)39-53(40)60(49-30-22-45(23-31-49)41-14-6-2-7-15-41)50-32-24-46(25-33-50)42-16-8-3-9-17-42/h2-39H,1H3. The fourth-order valence-corrected chi connectivity index (χ4v) is 8.36. The first-order valence-electron chi connectivity index (χ1n) is 20.9. The zero-order valence-corrected chi connectivity index (χ0v) is 35.9. The highest BCUT2D eigenvalue weighted by Gasteiger charge is 2.49. The molecule has 0 aromatic heterocycles. The monoisotopic (exact) mass is 878 g/mol. The van der Waals surface area contributed by atoms with E-state index < -0.39 is 21.4 Å². The lowest BCUT2D eigenvalue weighted by atomic mass is 10.0. The maximum absolute atomic E-state index is 14.2. The normalized spacial score (nSPS) is 11.5. The first-order valence-corrected chi connectivity index (χ1v) is 22.3. The third-order valence-electron chi connectivity index (χ3n) is 11.2. The van der Waals surface area contributed by atoms with Crippen molar-refractivity contribution in [3.05, 3.63) is 236 Å². The number of halogens is 3. The smallest absolute Gasteiger partial charge is 0.374 e. The Labute approximate surface area is 377 Å². The van der Waals surface area contributed by atoms with E-state index in [-0.39, 0.29) is 5.69 Å². The van der Waals surface area contributed by atoms with Crippen molar-refractivity contribution in [3.63, 3.8) is 0 Å². The second-order valence-corrected chi connectivity index (χ2v) is 16.9. The van der Waals surface area contributed by atoms with Crippen LogP contribution >= 0.6 is 0 Å². The van der Waals surface area contributed by atoms with Gasteiger partial charge in [0.15, 0.2) is 5.75 Å². The predicted molar refractivity (Wildman–Crippen MR) is 258 cm³/mol. The molecule has 0 saturated heterocycles. The highest BCUT2D eigenvalue weighted by molar-refractivity contribution is 7.88. The molecule has 0 saturated carbocycles. The Kier molecular flexibility index (Phi) is 11.8. The van der Waals surface area contributed by atoms with Crippen LogP contribution in [0.15, 0.2) is 231 Å². The molecule has 0 fully saturated rings. The highest BCUT2D eigenvalue weighted by Crippen LogP contribution is 2.48. The number of anilines is 6. The van der Waals surface area contributed by atoms with Crippen molar-refractivity contribution >= 4 is 44.2 Å². The molecule has 9 rings (SSSR count). The quantitative estimate of drug-likeness (QED) is 0.0904. The molecule has 0 N–H and O–H groups in total. The Morgan fingerprint density at radius 1 is 0.369 bits per heavy atom. The van der Waals surface area contributed by atoms with Crippen molar-refractivity contribution in [2.75, 3.05) is 9.80 Å². The molecule has 0 bridgehead atoms. The Bertz CT molecular complexity index is 2970. The van der Waals surface area contributed by atoms with E-state index in [2.05, 4.69) is 0 Å². The number of alkyl halides is 3. The molecule has 320 valence electrons. The fraction of sp³-hybridized carbons (Fsp3) is 0.0357. The van der Waals surface area contributed by atoms with Crippen molar-refractivity contribution in [2.45, 2.75) is 12.4 Å². The van der Waals surface area contributed by atoms with Gasteiger partial charge in [0.25, 0.3) is 0 Å². The molecule has 0 heterocycles. The second kappa shape index (κ2) is 18.1. The number of benzene rings is 9. The van der Waals surface area contributed by atoms with Crippen LogP contribution in [0.4, 0.5) is 47.3 Å². The fourth-order valence-electron chi connectivity index (χ4n) is 7.90. The molecule has 0 spiro atoms. The second-order valence-electron chi connectivity index (χ2n) is 15.4. The van der Waals surface area contributed by atoms with E-state index in [0.717, 1.165) is 55.9 Å². The van der Waals surface area contributed by atoms with E-state index >= 15 is 0 Å². The van der Waals surface area contributed by atoms with Gasteiger partial charge in [-0.05, 0) is 118 Å². The van der Waals surface area contributed by atoms with Crippen molar-refractivity contribution in [2.24, 2.45) is 0 Å². The third kappa shape index (κ3) is 9.14. The van der Waals surface area contributed by atoms with E-state index in [1.807, 2.05) is 223 Å². The van der Waals surface area contributed by atoms with Gasteiger partial charge in [0.05, 0.1) is 11.4 Å². The van der Waals surface area contributed by atoms with Gasteiger partial charge in [-0.3, -0.25) is 0 Å². The molecular weight excluding hydrogens is 838 g/mol. The molecule has 0 aliphatic rings. The summed E-state index contributed by atoms with van der Waals surface area (Å²) in [4.78, 5) is 3.74. The molecule has 0 radical (unpaired) electrons. The van der Waals surface area contributed by atoms with Crippen LogP contribution in [-0.4, -0.2) is 13.9 Å². The van der Waals surface area contributed by atoms with Gasteiger partial charge in [-0.15, -0.1) is 0 Å². The highest BCUT2D eigenvalue weighted by atomic mass is 32.2. The molecule has 0 amide bonds. The molecule has 9 aromatic carbocycles. The number of nitrogens with zero attached hydrogens (tertiary/aromatic N) is 2. The maximum Gasteiger partial charge on any atom is 0.534 e. The topological polar surface area (TPSA) is 49.9 Å². The van der Waals surface area contributed by atoms with Gasteiger partial charge in [-0.1, -0.05) is 170 Å². The van der Waals surface area contributed by atoms with Gasteiger partial charge in [-0.25, -0.2) is 0 Å². The Hall–Kier alpha value is -7.88. The van der Waals surface area contributed by atoms with Gasteiger partial charge < -0.3 is 14.0 Å². The summed E-state index contributed by atoms with van der Waals surface area (Å²) in [6.07, 6.45) is 0. The number of hydrogen-bond donors (Lipinski definition) is 0. The summed E-state index contributed by atoms with van der Waals surface area (Å²) >= 11 is 0. The van der Waals surface area contributed by atoms with Crippen LogP contribution in [0, 0.1) is 6.92 Å². The largest absolute Gasteiger partial charge is 0.534 e. The molecular formula is C56H41F3N2O3S. The molecule has 65 heavy (non-hydrogen) atoms. The van der Waals surface area contributed by atoms with Gasteiger partial charge in [0.2, 0.25) is 0 Å². The summed E-state index contributed by atoms with van der Waals surface area (Å²) < 4.78 is 73.8. The lowest BCUT2D eigenvalue weighted by molar-refractivity contribution is -0.0499. The van der Waals surface area contributed by atoms with Crippen LogP contribution in [0.3, 0.4) is 0 Å². The van der Waals surface area contributed by atoms with Gasteiger partial charge >= 0.3 is 15.6 Å². The van der Waals surface area contributed by atoms with Crippen LogP contribution in [0.25, 0.3) is 44.5 Å². The predicted octanol–water partition coefficient (Wildman–Crippen LogP) is 15.8. The number of rotatable bonds is 12. The molecule has 9 heteroatoms. The zero-order chi connectivity index (χ0) is 45.0. The minimum Gasteiger partial charge on any atom is -0.374 e. The van der Waals surface area contributed by atoms with E-state index in [1.165, 1.54) is 6.07 Å². The van der Waals surface area contributed by atoms with Crippen molar-refractivity contribution in [1.82, 2.24) is 0 Å². The molecule has 0 aliphatic heterocycles. The first kappa shape index (κ1) is 42.4. The van der Waals surface area contributed by atoms with Gasteiger partial charge in [0.1, 0.15) is 0 Å². The van der Waals surface area contributed by atoms with E-state index in [0.29, 0.717) is 22.6 Å². The lowest BCUT2D eigenvalue weighted by Crippen LogP contribution is -2.28. The summed E-state index contributed by atoms with van der Waals surface area (Å²) in [7, 11) is -6.11. The van der Waals surface area contributed by atoms with E-state index in [4.69, 9.17) is 4.18 Å². The molecule has 0 unspecified atom stereocenters. The van der Waals surface area contributed by atoms with E-state index in [9.17, 15) is 21.6 Å². The van der Waals surface area contributed by atoms with Gasteiger partial charge in [0, 0.05) is 22.7 Å². The van der Waals surface area contributed by atoms with Crippen molar-refractivity contribution in [3.8, 4) is 50.3 Å². The van der Waals surface area contributed by atoms with Gasteiger partial charge in [-0.2, -0.15) is 21.6 Å². The van der Waals surface area contributed by atoms with Crippen molar-refractivity contribution < 1.29 is 25.8 Å². The molecule has 0 atom stereocenters. The van der Waals surface area contributed by atoms with Crippen molar-refractivity contribution in [1.29, 1.82) is 0 Å². The van der Waals surface area contributed by atoms with Crippen LogP contribution in [0.5, 0.6) is 5.75 Å². The summed E-state index contributed by atoms with van der Waals surface area (Å²) in [6, 6.07) is 73.8. The molecule has 9 aromatic rings. The summed E-state index contributed by atoms with van der Waals surface area (Å²) in [5.41, 5.74) is 5.86. The van der Waals surface area contributed by atoms with E-state index in [1.54, 1.807) is 17.9 Å². The molecule has 5 nitrogen and oxygen atoms in total. The Morgan fingerprint density at radius 3 is 0.908 bits per heavy atom. The van der Waals surface area contributed by atoms with Crippen LogP contribution < -0.4 is 14.0 Å². The van der Waals surface area contributed by atoms with Crippen LogP contribution in [-0.2, 0) is 10.1 Å². The maximum atomic E-state index is 14.2.